The molecule has 4 heterocycles. The Bertz CT molecular complexity index is 778. The number of nitrogens with one attached hydrogen (secondary N) is 1. The molecule has 2 aliphatic rings. The van der Waals surface area contributed by atoms with Gasteiger partial charge in [0, 0.05) is 43.4 Å². The molecule has 2 atom stereocenters. The highest BCUT2D eigenvalue weighted by Gasteiger charge is 2.33. The molecule has 0 bridgehead atoms. The predicted molar refractivity (Wildman–Crippen MR) is 87.5 cm³/mol. The number of nitrogens with zero attached hydrogens (tertiary/aromatic N) is 4. The predicted octanol–water partition coefficient (Wildman–Crippen LogP) is 1.75. The van der Waals surface area contributed by atoms with Crippen molar-refractivity contribution in [1.29, 1.82) is 0 Å². The summed E-state index contributed by atoms with van der Waals surface area (Å²) in [6.45, 7) is 5.41. The second kappa shape index (κ2) is 5.73. The number of hydrogen-bond donors (Lipinski definition) is 1. The molecule has 1 amide bonds. The first kappa shape index (κ1) is 15.4. The van der Waals surface area contributed by atoms with E-state index in [1.807, 2.05) is 32.0 Å². The molecule has 0 fully saturated rings. The Hall–Kier alpha value is -2.15. The fourth-order valence-electron chi connectivity index (χ4n) is 3.96. The third kappa shape index (κ3) is 2.43. The standard InChI is InChI=1S/C17H23N5O2/c1-10-7-13-15(20-21(3)16(13)11(2)24-10)17(23)22-6-4-5-14-12(9-22)8-18-19-14/h8,10-11H,4-7,9H2,1-3H3,(H,18,19)/t10-,11+/m1/s1. The van der Waals surface area contributed by atoms with Crippen LogP contribution < -0.4 is 0 Å². The Morgan fingerprint density at radius 3 is 3.08 bits per heavy atom. The summed E-state index contributed by atoms with van der Waals surface area (Å²) in [6.07, 6.45) is 4.50. The summed E-state index contributed by atoms with van der Waals surface area (Å²) in [6, 6.07) is 0. The van der Waals surface area contributed by atoms with Crippen LogP contribution in [0.4, 0.5) is 0 Å². The van der Waals surface area contributed by atoms with Gasteiger partial charge in [0.2, 0.25) is 0 Å². The van der Waals surface area contributed by atoms with E-state index in [1.54, 1.807) is 4.68 Å². The van der Waals surface area contributed by atoms with E-state index < -0.39 is 0 Å². The molecule has 0 saturated heterocycles. The van der Waals surface area contributed by atoms with Crippen LogP contribution in [0.15, 0.2) is 6.20 Å². The largest absolute Gasteiger partial charge is 0.369 e. The molecule has 0 saturated carbocycles. The number of aromatic nitrogens is 4. The third-order valence-corrected chi connectivity index (χ3v) is 5.02. The number of hydrogen-bond acceptors (Lipinski definition) is 4. The molecule has 0 aromatic carbocycles. The van der Waals surface area contributed by atoms with Crippen molar-refractivity contribution in [2.75, 3.05) is 6.54 Å². The van der Waals surface area contributed by atoms with Crippen molar-refractivity contribution in [3.63, 3.8) is 0 Å². The maximum atomic E-state index is 13.2. The summed E-state index contributed by atoms with van der Waals surface area (Å²) in [7, 11) is 1.89. The van der Waals surface area contributed by atoms with Crippen LogP contribution in [0.3, 0.4) is 0 Å². The minimum atomic E-state index is -0.0348. The lowest BCUT2D eigenvalue weighted by Gasteiger charge is -2.27. The average Bonchev–Trinajstić information content (AvgIpc) is 3.04. The summed E-state index contributed by atoms with van der Waals surface area (Å²) in [4.78, 5) is 15.1. The summed E-state index contributed by atoms with van der Waals surface area (Å²) in [5.74, 6) is 0.0159. The number of aryl methyl sites for hydroxylation is 2. The molecular weight excluding hydrogens is 306 g/mol. The Morgan fingerprint density at radius 2 is 2.25 bits per heavy atom. The first-order valence-corrected chi connectivity index (χ1v) is 8.56. The van der Waals surface area contributed by atoms with Gasteiger partial charge in [0.05, 0.1) is 24.1 Å². The fourth-order valence-corrected chi connectivity index (χ4v) is 3.96. The lowest BCUT2D eigenvalue weighted by atomic mass is 9.99. The van der Waals surface area contributed by atoms with Gasteiger partial charge in [0.1, 0.15) is 0 Å². The molecule has 0 spiro atoms. The van der Waals surface area contributed by atoms with E-state index in [0.29, 0.717) is 12.2 Å². The first-order chi connectivity index (χ1) is 11.5. The zero-order chi connectivity index (χ0) is 16.8. The summed E-state index contributed by atoms with van der Waals surface area (Å²) in [5, 5.41) is 11.7. The normalized spacial score (nSPS) is 23.5. The summed E-state index contributed by atoms with van der Waals surface area (Å²) < 4.78 is 7.70. The Morgan fingerprint density at radius 1 is 1.42 bits per heavy atom. The molecule has 0 radical (unpaired) electrons. The second-order valence-electron chi connectivity index (χ2n) is 6.83. The number of aromatic amines is 1. The summed E-state index contributed by atoms with van der Waals surface area (Å²) in [5.41, 5.74) is 4.90. The molecule has 0 aliphatic carbocycles. The number of fused-ring (bicyclic) bond motifs is 2. The molecular formula is C17H23N5O2. The van der Waals surface area contributed by atoms with Gasteiger partial charge in [0.15, 0.2) is 5.69 Å². The van der Waals surface area contributed by atoms with Gasteiger partial charge in [-0.1, -0.05) is 0 Å². The molecule has 1 N–H and O–H groups in total. The van der Waals surface area contributed by atoms with Gasteiger partial charge in [-0.25, -0.2) is 0 Å². The maximum Gasteiger partial charge on any atom is 0.274 e. The minimum absolute atomic E-state index is 0.0159. The van der Waals surface area contributed by atoms with Crippen LogP contribution in [0.5, 0.6) is 0 Å². The van der Waals surface area contributed by atoms with Crippen molar-refractivity contribution in [1.82, 2.24) is 24.9 Å². The zero-order valence-electron chi connectivity index (χ0n) is 14.4. The van der Waals surface area contributed by atoms with E-state index >= 15 is 0 Å². The van der Waals surface area contributed by atoms with Gasteiger partial charge in [-0.2, -0.15) is 10.2 Å². The summed E-state index contributed by atoms with van der Waals surface area (Å²) >= 11 is 0. The van der Waals surface area contributed by atoms with Gasteiger partial charge < -0.3 is 9.64 Å². The van der Waals surface area contributed by atoms with Crippen LogP contribution in [-0.4, -0.2) is 43.4 Å². The molecule has 7 heteroatoms. The van der Waals surface area contributed by atoms with Crippen molar-refractivity contribution in [3.8, 4) is 0 Å². The van der Waals surface area contributed by atoms with E-state index in [4.69, 9.17) is 4.74 Å². The highest BCUT2D eigenvalue weighted by molar-refractivity contribution is 5.94. The van der Waals surface area contributed by atoms with Crippen LogP contribution in [0.25, 0.3) is 0 Å². The van der Waals surface area contributed by atoms with Crippen LogP contribution in [0, 0.1) is 0 Å². The van der Waals surface area contributed by atoms with Crippen molar-refractivity contribution in [3.05, 3.63) is 34.4 Å². The lowest BCUT2D eigenvalue weighted by molar-refractivity contribution is -0.00906. The monoisotopic (exact) mass is 329 g/mol. The number of carbonyl (C=O) groups excluding carboxylic acids is 1. The van der Waals surface area contributed by atoms with E-state index in [9.17, 15) is 4.79 Å². The second-order valence-corrected chi connectivity index (χ2v) is 6.83. The van der Waals surface area contributed by atoms with E-state index in [0.717, 1.165) is 48.3 Å². The quantitative estimate of drug-likeness (QED) is 0.865. The molecule has 2 aliphatic heterocycles. The molecule has 128 valence electrons. The zero-order valence-corrected chi connectivity index (χ0v) is 14.4. The third-order valence-electron chi connectivity index (χ3n) is 5.02. The number of carbonyl (C=O) groups is 1. The van der Waals surface area contributed by atoms with Crippen molar-refractivity contribution in [2.24, 2.45) is 7.05 Å². The van der Waals surface area contributed by atoms with Crippen molar-refractivity contribution >= 4 is 5.91 Å². The molecule has 2 aromatic heterocycles. The number of amides is 1. The van der Waals surface area contributed by atoms with Gasteiger partial charge in [-0.05, 0) is 26.7 Å². The Labute approximate surface area is 141 Å². The average molecular weight is 329 g/mol. The van der Waals surface area contributed by atoms with E-state index in [2.05, 4.69) is 15.3 Å². The van der Waals surface area contributed by atoms with Gasteiger partial charge in [-0.15, -0.1) is 0 Å². The van der Waals surface area contributed by atoms with Crippen molar-refractivity contribution in [2.45, 2.75) is 51.9 Å². The lowest BCUT2D eigenvalue weighted by Crippen LogP contribution is -2.32. The van der Waals surface area contributed by atoms with Crippen LogP contribution in [-0.2, 0) is 31.2 Å². The minimum Gasteiger partial charge on any atom is -0.369 e. The molecule has 4 rings (SSSR count). The molecule has 2 aromatic rings. The van der Waals surface area contributed by atoms with E-state index in [1.165, 1.54) is 0 Å². The van der Waals surface area contributed by atoms with E-state index in [-0.39, 0.29) is 18.1 Å². The van der Waals surface area contributed by atoms with Crippen LogP contribution in [0.2, 0.25) is 0 Å². The van der Waals surface area contributed by atoms with Crippen LogP contribution >= 0.6 is 0 Å². The number of ether oxygens (including phenoxy) is 1. The molecule has 7 nitrogen and oxygen atoms in total. The smallest absolute Gasteiger partial charge is 0.274 e. The first-order valence-electron chi connectivity index (χ1n) is 8.56. The molecule has 0 unspecified atom stereocenters. The van der Waals surface area contributed by atoms with Gasteiger partial charge in [-0.3, -0.25) is 14.6 Å². The fraction of sp³-hybridized carbons (Fsp3) is 0.588. The SMILES string of the molecule is C[C@@H]1Cc2c(C(=O)N3CCCc4[nH]ncc4C3)nn(C)c2[C@H](C)O1. The highest BCUT2D eigenvalue weighted by Crippen LogP contribution is 2.32. The Balaban J connectivity index is 1.67. The highest BCUT2D eigenvalue weighted by atomic mass is 16.5. The number of H-pyrrole nitrogens is 1. The topological polar surface area (TPSA) is 76.0 Å². The van der Waals surface area contributed by atoms with Crippen molar-refractivity contribution < 1.29 is 9.53 Å². The molecule has 24 heavy (non-hydrogen) atoms. The van der Waals surface area contributed by atoms with Gasteiger partial charge >= 0.3 is 0 Å². The maximum absolute atomic E-state index is 13.2. The number of rotatable bonds is 1. The van der Waals surface area contributed by atoms with Gasteiger partial charge in [0.25, 0.3) is 5.91 Å². The van der Waals surface area contributed by atoms with Crippen LogP contribution in [0.1, 0.15) is 59.4 Å². The Kier molecular flexibility index (Phi) is 3.68.